The van der Waals surface area contributed by atoms with Crippen molar-refractivity contribution in [2.45, 2.75) is 32.7 Å². The number of halogens is 1. The Balaban J connectivity index is 2.23. The van der Waals surface area contributed by atoms with Gasteiger partial charge in [-0.3, -0.25) is 4.90 Å². The summed E-state index contributed by atoms with van der Waals surface area (Å²) in [5.74, 6) is 0.218. The van der Waals surface area contributed by atoms with Gasteiger partial charge in [-0.2, -0.15) is 5.26 Å². The molecule has 1 atom stereocenters. The Morgan fingerprint density at radius 1 is 1.29 bits per heavy atom. The largest absolute Gasteiger partial charge is 0.314 e. The van der Waals surface area contributed by atoms with Gasteiger partial charge in [0, 0.05) is 32.2 Å². The molecule has 1 aromatic rings. The highest BCUT2D eigenvalue weighted by Gasteiger charge is 2.23. The van der Waals surface area contributed by atoms with Crippen molar-refractivity contribution in [1.82, 2.24) is 10.2 Å². The van der Waals surface area contributed by atoms with E-state index in [4.69, 9.17) is 5.26 Å². The molecule has 0 unspecified atom stereocenters. The summed E-state index contributed by atoms with van der Waals surface area (Å²) >= 11 is 0. The highest BCUT2D eigenvalue weighted by Crippen LogP contribution is 2.29. The average molecular weight is 289 g/mol. The lowest BCUT2D eigenvalue weighted by molar-refractivity contribution is 0.159. The van der Waals surface area contributed by atoms with E-state index in [-0.39, 0.29) is 11.6 Å². The molecule has 1 heterocycles. The van der Waals surface area contributed by atoms with Gasteiger partial charge >= 0.3 is 0 Å². The first kappa shape index (κ1) is 15.9. The first-order chi connectivity index (χ1) is 10.1. The lowest BCUT2D eigenvalue weighted by Gasteiger charge is -2.35. The number of hydrogen-bond acceptors (Lipinski definition) is 3. The predicted molar refractivity (Wildman–Crippen MR) is 82.4 cm³/mol. The van der Waals surface area contributed by atoms with Crippen molar-refractivity contribution >= 4 is 0 Å². The Kier molecular flexibility index (Phi) is 5.72. The third-order valence-electron chi connectivity index (χ3n) is 4.11. The molecule has 1 N–H and O–H groups in total. The van der Waals surface area contributed by atoms with Gasteiger partial charge in [-0.15, -0.1) is 0 Å². The molecule has 1 fully saturated rings. The molecule has 0 aromatic heterocycles. The van der Waals surface area contributed by atoms with Crippen LogP contribution in [0.15, 0.2) is 18.2 Å². The number of benzene rings is 1. The van der Waals surface area contributed by atoms with Crippen molar-refractivity contribution in [1.29, 1.82) is 5.26 Å². The van der Waals surface area contributed by atoms with E-state index in [1.807, 2.05) is 12.1 Å². The maximum atomic E-state index is 13.5. The Morgan fingerprint density at radius 2 is 2.00 bits per heavy atom. The minimum Gasteiger partial charge on any atom is -0.314 e. The van der Waals surface area contributed by atoms with Crippen LogP contribution in [0.4, 0.5) is 4.39 Å². The van der Waals surface area contributed by atoms with Crippen LogP contribution in [0, 0.1) is 23.1 Å². The Bertz CT molecular complexity index is 501. The average Bonchev–Trinajstić information content (AvgIpc) is 2.49. The van der Waals surface area contributed by atoms with Gasteiger partial charge in [-0.05, 0) is 36.5 Å². The van der Waals surface area contributed by atoms with Gasteiger partial charge in [0.2, 0.25) is 0 Å². The van der Waals surface area contributed by atoms with Gasteiger partial charge in [0.05, 0.1) is 5.56 Å². The van der Waals surface area contributed by atoms with Gasteiger partial charge in [0.25, 0.3) is 0 Å². The lowest BCUT2D eigenvalue weighted by atomic mass is 9.94. The summed E-state index contributed by atoms with van der Waals surface area (Å²) in [4.78, 5) is 2.45. The Labute approximate surface area is 126 Å². The Hall–Kier alpha value is -1.44. The van der Waals surface area contributed by atoms with Crippen molar-refractivity contribution in [3.8, 4) is 6.07 Å². The van der Waals surface area contributed by atoms with Gasteiger partial charge in [-0.1, -0.05) is 19.9 Å². The number of nitrogens with zero attached hydrogens (tertiary/aromatic N) is 2. The first-order valence-corrected chi connectivity index (χ1v) is 7.76. The summed E-state index contributed by atoms with van der Waals surface area (Å²) in [6.07, 6.45) is 2.18. The molecule has 0 aliphatic carbocycles. The fraction of sp³-hybridized carbons (Fsp3) is 0.588. The van der Waals surface area contributed by atoms with Crippen LogP contribution in [0.25, 0.3) is 0 Å². The molecule has 1 aromatic carbocycles. The predicted octanol–water partition coefficient (Wildman–Crippen LogP) is 3.08. The van der Waals surface area contributed by atoms with Crippen LogP contribution in [0.3, 0.4) is 0 Å². The minimum absolute atomic E-state index is 0.150. The first-order valence-electron chi connectivity index (χ1n) is 7.76. The van der Waals surface area contributed by atoms with E-state index in [9.17, 15) is 4.39 Å². The highest BCUT2D eigenvalue weighted by molar-refractivity contribution is 5.35. The zero-order chi connectivity index (χ0) is 15.2. The molecule has 2 rings (SSSR count). The number of nitriles is 1. The zero-order valence-electron chi connectivity index (χ0n) is 12.9. The standard InChI is InChI=1S/C17H24FN3/c1-13(2)3-6-17(21-9-7-20-8-10-21)14-4-5-16(18)15(11-14)12-19/h4-5,11,13,17,20H,3,6-10H2,1-2H3/t17-/m1/s1. The molecule has 21 heavy (non-hydrogen) atoms. The van der Waals surface area contributed by atoms with Gasteiger partial charge in [0.1, 0.15) is 11.9 Å². The lowest BCUT2D eigenvalue weighted by Crippen LogP contribution is -2.45. The molecule has 1 aliphatic rings. The maximum absolute atomic E-state index is 13.5. The van der Waals surface area contributed by atoms with Crippen LogP contribution in [0.2, 0.25) is 0 Å². The van der Waals surface area contributed by atoms with Crippen LogP contribution in [0.5, 0.6) is 0 Å². The summed E-state index contributed by atoms with van der Waals surface area (Å²) in [7, 11) is 0. The van der Waals surface area contributed by atoms with E-state index in [2.05, 4.69) is 24.1 Å². The second kappa shape index (κ2) is 7.53. The van der Waals surface area contributed by atoms with E-state index < -0.39 is 5.82 Å². The van der Waals surface area contributed by atoms with Crippen LogP contribution >= 0.6 is 0 Å². The van der Waals surface area contributed by atoms with Crippen molar-refractivity contribution in [2.75, 3.05) is 26.2 Å². The monoisotopic (exact) mass is 289 g/mol. The molecular weight excluding hydrogens is 265 g/mol. The van der Waals surface area contributed by atoms with Crippen molar-refractivity contribution in [3.05, 3.63) is 35.1 Å². The third-order valence-corrected chi connectivity index (χ3v) is 4.11. The Morgan fingerprint density at radius 3 is 2.62 bits per heavy atom. The minimum atomic E-state index is -0.427. The number of hydrogen-bond donors (Lipinski definition) is 1. The van der Waals surface area contributed by atoms with Gasteiger partial charge < -0.3 is 5.32 Å². The second-order valence-electron chi connectivity index (χ2n) is 6.12. The quantitative estimate of drug-likeness (QED) is 0.905. The molecule has 0 radical (unpaired) electrons. The van der Waals surface area contributed by atoms with Crippen LogP contribution in [-0.2, 0) is 0 Å². The van der Waals surface area contributed by atoms with Crippen LogP contribution in [-0.4, -0.2) is 31.1 Å². The van der Waals surface area contributed by atoms with E-state index >= 15 is 0 Å². The van der Waals surface area contributed by atoms with E-state index in [0.717, 1.165) is 44.6 Å². The maximum Gasteiger partial charge on any atom is 0.140 e. The summed E-state index contributed by atoms with van der Waals surface area (Å²) < 4.78 is 13.5. The molecule has 3 nitrogen and oxygen atoms in total. The number of nitrogens with one attached hydrogen (secondary N) is 1. The molecule has 1 aliphatic heterocycles. The molecule has 0 spiro atoms. The molecule has 0 bridgehead atoms. The van der Waals surface area contributed by atoms with Crippen molar-refractivity contribution < 1.29 is 4.39 Å². The summed E-state index contributed by atoms with van der Waals surface area (Å²) in [5.41, 5.74) is 1.22. The van der Waals surface area contributed by atoms with Crippen molar-refractivity contribution in [3.63, 3.8) is 0 Å². The summed E-state index contributed by atoms with van der Waals surface area (Å²) in [5, 5.41) is 12.4. The molecular formula is C17H24FN3. The topological polar surface area (TPSA) is 39.1 Å². The second-order valence-corrected chi connectivity index (χ2v) is 6.12. The fourth-order valence-electron chi connectivity index (χ4n) is 2.88. The zero-order valence-corrected chi connectivity index (χ0v) is 12.9. The summed E-state index contributed by atoms with van der Waals surface area (Å²) in [6.45, 7) is 8.43. The highest BCUT2D eigenvalue weighted by atomic mass is 19.1. The molecule has 4 heteroatoms. The van der Waals surface area contributed by atoms with E-state index in [1.165, 1.54) is 6.07 Å². The third kappa shape index (κ3) is 4.26. The van der Waals surface area contributed by atoms with Crippen LogP contribution in [0.1, 0.15) is 43.9 Å². The fourth-order valence-corrected chi connectivity index (χ4v) is 2.88. The molecule has 0 saturated carbocycles. The number of rotatable bonds is 5. The smallest absolute Gasteiger partial charge is 0.140 e. The molecule has 0 amide bonds. The van der Waals surface area contributed by atoms with Gasteiger partial charge in [-0.25, -0.2) is 4.39 Å². The summed E-state index contributed by atoms with van der Waals surface area (Å²) in [6, 6.07) is 7.22. The number of piperazine rings is 1. The van der Waals surface area contributed by atoms with Crippen molar-refractivity contribution in [2.24, 2.45) is 5.92 Å². The van der Waals surface area contributed by atoms with E-state index in [0.29, 0.717) is 5.92 Å². The van der Waals surface area contributed by atoms with Crippen LogP contribution < -0.4 is 5.32 Å². The SMILES string of the molecule is CC(C)CC[C@H](c1ccc(F)c(C#N)c1)N1CCNCC1. The van der Waals surface area contributed by atoms with Gasteiger partial charge in [0.15, 0.2) is 0 Å². The molecule has 114 valence electrons. The normalized spacial score (nSPS) is 17.7. The molecule has 1 saturated heterocycles. The van der Waals surface area contributed by atoms with E-state index in [1.54, 1.807) is 6.07 Å².